The van der Waals surface area contributed by atoms with Crippen LogP contribution < -0.4 is 111 Å². The summed E-state index contributed by atoms with van der Waals surface area (Å²) in [6.07, 6.45) is 0. The molecule has 0 aliphatic rings. The number of azo groups is 2. The number of methoxy groups -OCH3 is 4. The largest absolute Gasteiger partial charge is 1.00 e. The molecule has 0 radical (unpaired) electrons. The maximum Gasteiger partial charge on any atom is 1.00 e. The third-order valence-corrected chi connectivity index (χ3v) is 20.7. The molecule has 46 heteroatoms. The molecule has 8 aromatic carbocycles. The van der Waals surface area contributed by atoms with E-state index in [9.17, 15) is 95.8 Å². The predicted octanol–water partition coefficient (Wildman–Crippen LogP) is 0.939. The number of hydrogen-bond acceptors (Lipinski definition) is 32. The number of nitrogens with zero attached hydrogens (tertiary/aromatic N) is 4. The van der Waals surface area contributed by atoms with Gasteiger partial charge in [-0.1, -0.05) is 36.4 Å². The Bertz CT molecular complexity index is 5110. The molecule has 0 unspecified atom stereocenters. The van der Waals surface area contributed by atoms with E-state index in [4.69, 9.17) is 28.1 Å². The number of benzene rings is 8. The van der Waals surface area contributed by atoms with Crippen molar-refractivity contribution in [1.82, 2.24) is 0 Å². The first-order valence-electron chi connectivity index (χ1n) is 25.7. The Hall–Kier alpha value is -6.20. The fraction of sp³-hybridized carbons (Fsp3) is 0.154. The summed E-state index contributed by atoms with van der Waals surface area (Å²) in [5.41, 5.74) is -1.90. The SMILES string of the molecule is COc1cc(S(=O)(=O)CCOS(=O)(=O)O)c(OC)cc1N=Nc1c(S(=O)(=O)[O-])cc2ccc(Nc3ccccc3S(=O)(=O)O)cc2c1O.COc1cc(S(=O)(=O)CCOS(=O)(=O)O)c(OC)cc1N=Nc1c(S(=O)(=O)[O-])cc2ccc(Nc3ccccc3S(=O)(=O)O)cc2c1O.[K+].[Na+]. The molecule has 516 valence electrons. The van der Waals surface area contributed by atoms with E-state index in [1.54, 1.807) is 0 Å². The average molecular weight is 1560 g/mol. The minimum atomic E-state index is -5.29. The van der Waals surface area contributed by atoms with Crippen molar-refractivity contribution in [1.29, 1.82) is 0 Å². The molecule has 8 aromatic rings. The van der Waals surface area contributed by atoms with Gasteiger partial charge in [-0.2, -0.15) is 33.7 Å². The number of phenols is 2. The monoisotopic (exact) mass is 1550 g/mol. The van der Waals surface area contributed by atoms with Crippen LogP contribution in [0.25, 0.3) is 21.5 Å². The second-order valence-corrected chi connectivity index (χ2v) is 30.8. The molecule has 0 fully saturated rings. The van der Waals surface area contributed by atoms with E-state index in [2.05, 4.69) is 39.5 Å². The zero-order valence-corrected chi connectivity index (χ0v) is 62.6. The van der Waals surface area contributed by atoms with Crippen LogP contribution in [0.3, 0.4) is 0 Å². The number of sulfone groups is 2. The van der Waals surface area contributed by atoms with E-state index < -0.39 is 158 Å². The third kappa shape index (κ3) is 21.0. The number of hydrogen-bond donors (Lipinski definition) is 8. The van der Waals surface area contributed by atoms with Gasteiger partial charge in [0.1, 0.15) is 85.6 Å². The van der Waals surface area contributed by atoms with E-state index in [1.165, 1.54) is 72.8 Å². The zero-order chi connectivity index (χ0) is 71.3. The number of phenolic OH excluding ortho intramolecular Hbond substituents is 2. The van der Waals surface area contributed by atoms with Crippen LogP contribution in [0.15, 0.2) is 171 Å². The second kappa shape index (κ2) is 32.6. The van der Waals surface area contributed by atoms with Crippen molar-refractivity contribution < 1.29 is 213 Å². The van der Waals surface area contributed by atoms with Crippen LogP contribution in [0, 0.1) is 0 Å². The quantitative estimate of drug-likeness (QED) is 0.0212. The van der Waals surface area contributed by atoms with E-state index in [0.29, 0.717) is 0 Å². The molecule has 36 nitrogen and oxygen atoms in total. The van der Waals surface area contributed by atoms with Crippen molar-refractivity contribution in [3.05, 3.63) is 121 Å². The molecule has 0 aromatic heterocycles. The smallest absolute Gasteiger partial charge is 0.744 e. The number of anilines is 4. The maximum atomic E-state index is 12.9. The molecule has 0 saturated heterocycles. The van der Waals surface area contributed by atoms with Crippen LogP contribution in [0.1, 0.15) is 0 Å². The van der Waals surface area contributed by atoms with Crippen LogP contribution in [-0.2, 0) is 89.3 Å². The summed E-state index contributed by atoms with van der Waals surface area (Å²) in [4.78, 5) is -3.87. The molecule has 0 saturated carbocycles. The van der Waals surface area contributed by atoms with Gasteiger partial charge in [0.05, 0.1) is 74.3 Å². The molecule has 8 N–H and O–H groups in total. The molecule has 0 aliphatic carbocycles. The van der Waals surface area contributed by atoms with Gasteiger partial charge in [0, 0.05) is 46.4 Å². The van der Waals surface area contributed by atoms with E-state index in [1.807, 2.05) is 0 Å². The van der Waals surface area contributed by atoms with Crippen molar-refractivity contribution in [3.8, 4) is 34.5 Å². The van der Waals surface area contributed by atoms with Gasteiger partial charge in [-0.05, 0) is 71.4 Å². The first-order chi connectivity index (χ1) is 44.5. The van der Waals surface area contributed by atoms with Crippen LogP contribution in [0.5, 0.6) is 34.5 Å². The number of nitrogens with one attached hydrogen (secondary N) is 2. The van der Waals surface area contributed by atoms with Gasteiger partial charge in [0.15, 0.2) is 31.2 Å². The van der Waals surface area contributed by atoms with Gasteiger partial charge in [-0.25, -0.2) is 42.0 Å². The molecule has 0 atom stereocenters. The number of fused-ring (bicyclic) bond motifs is 2. The average Bonchev–Trinajstić information content (AvgIpc) is 0.767. The second-order valence-electron chi connectivity index (χ2n) is 19.0. The third-order valence-electron chi connectivity index (χ3n) is 12.8. The minimum Gasteiger partial charge on any atom is -0.744 e. The number of rotatable bonds is 26. The van der Waals surface area contributed by atoms with Gasteiger partial charge in [-0.3, -0.25) is 18.2 Å². The Morgan fingerprint density at radius 2 is 0.735 bits per heavy atom. The summed E-state index contributed by atoms with van der Waals surface area (Å²) in [7, 11) is -33.9. The molecule has 0 aliphatic heterocycles. The molecule has 0 spiro atoms. The van der Waals surface area contributed by atoms with Crippen molar-refractivity contribution in [3.63, 3.8) is 0 Å². The Balaban J connectivity index is 0.000000347. The van der Waals surface area contributed by atoms with Gasteiger partial charge in [-0.15, -0.1) is 20.5 Å². The summed E-state index contributed by atoms with van der Waals surface area (Å²) in [5, 5.41) is 43.1. The Morgan fingerprint density at radius 1 is 0.408 bits per heavy atom. The first kappa shape index (κ1) is 82.5. The van der Waals surface area contributed by atoms with E-state index >= 15 is 0 Å². The molecule has 8 rings (SSSR count). The van der Waals surface area contributed by atoms with Crippen molar-refractivity contribution >= 4 is 148 Å². The summed E-state index contributed by atoms with van der Waals surface area (Å²) in [6.45, 7) is -1.88. The molecular weight excluding hydrogens is 1510 g/mol. The minimum absolute atomic E-state index is 0. The van der Waals surface area contributed by atoms with Crippen LogP contribution in [0.2, 0.25) is 0 Å². The van der Waals surface area contributed by atoms with Crippen molar-refractivity contribution in [2.24, 2.45) is 20.5 Å². The van der Waals surface area contributed by atoms with E-state index in [-0.39, 0.29) is 160 Å². The van der Waals surface area contributed by atoms with Gasteiger partial charge in [0.25, 0.3) is 20.2 Å². The van der Waals surface area contributed by atoms with Crippen LogP contribution in [0.4, 0.5) is 45.5 Å². The molecule has 0 heterocycles. The number of para-hydroxylation sites is 2. The summed E-state index contributed by atoms with van der Waals surface area (Å²) >= 11 is 0. The van der Waals surface area contributed by atoms with Gasteiger partial charge < -0.3 is 48.9 Å². The fourth-order valence-electron chi connectivity index (χ4n) is 8.59. The zero-order valence-electron chi connectivity index (χ0n) is 50.9. The Labute approximate surface area is 623 Å². The summed E-state index contributed by atoms with van der Waals surface area (Å²) < 4.78 is 280. The Kier molecular flexibility index (Phi) is 27.5. The summed E-state index contributed by atoms with van der Waals surface area (Å²) in [5.74, 6) is -4.74. The first-order valence-corrected chi connectivity index (χ1v) is 37.5. The predicted molar refractivity (Wildman–Crippen MR) is 333 cm³/mol. The maximum absolute atomic E-state index is 12.9. The topological polar surface area (TPSA) is 570 Å². The van der Waals surface area contributed by atoms with Gasteiger partial charge >= 0.3 is 102 Å². The number of aromatic hydroxyl groups is 2. The molecular formula is C52H48KN6NaO30S8. The van der Waals surface area contributed by atoms with Crippen molar-refractivity contribution in [2.45, 2.75) is 29.4 Å². The standard InChI is InChI=1S/2C26H25N3O15S4.K.Na/c2*1-42-20-14-23(45(31,32)10-9-44-48(39,40)41)21(43-2)13-19(20)28-29-25-24(47(36,37)38)11-15-7-8-16(12-17(15)26(25)30)27-18-5-3-4-6-22(18)46(33,34)35;;/h2*3-8,11-14,27,30H,9-10H2,1-2H3,(H,33,34,35)(H,36,37,38)(H,39,40,41);;/q;;2*+1/p-2. The fourth-order valence-corrected chi connectivity index (χ4v) is 14.5. The number of ether oxygens (including phenoxy) is 4. The van der Waals surface area contributed by atoms with Crippen LogP contribution in [-0.4, -0.2) is 158 Å². The Morgan fingerprint density at radius 3 is 1.03 bits per heavy atom. The molecule has 0 bridgehead atoms. The van der Waals surface area contributed by atoms with E-state index in [0.717, 1.165) is 77.0 Å². The molecule has 98 heavy (non-hydrogen) atoms. The molecule has 0 amide bonds. The van der Waals surface area contributed by atoms with Gasteiger partial charge in [0.2, 0.25) is 0 Å². The van der Waals surface area contributed by atoms with Crippen LogP contribution >= 0.6 is 0 Å². The van der Waals surface area contributed by atoms with Crippen molar-refractivity contribution in [2.75, 3.05) is 63.8 Å². The normalized spacial score (nSPS) is 12.5. The summed E-state index contributed by atoms with van der Waals surface area (Å²) in [6, 6.07) is 24.4.